The molecule has 0 fully saturated rings. The number of benzene rings is 2. The molecule has 6 heteroatoms. The van der Waals surface area contributed by atoms with Crippen LogP contribution in [0.4, 0.5) is 0 Å². The van der Waals surface area contributed by atoms with Gasteiger partial charge in [-0.2, -0.15) is 5.26 Å². The van der Waals surface area contributed by atoms with Gasteiger partial charge in [-0.1, -0.05) is 18.2 Å². The van der Waals surface area contributed by atoms with E-state index in [1.54, 1.807) is 45.6 Å². The molecule has 0 aliphatic heterocycles. The number of nitrogens with zero attached hydrogens (tertiary/aromatic N) is 1. The fourth-order valence-corrected chi connectivity index (χ4v) is 2.50. The Morgan fingerprint density at radius 3 is 2.52 bits per heavy atom. The molecule has 0 spiro atoms. The Kier molecular flexibility index (Phi) is 7.26. The first-order chi connectivity index (χ1) is 13.1. The predicted octanol–water partition coefficient (Wildman–Crippen LogP) is 2.98. The molecular weight excluding hydrogens is 344 g/mol. The highest BCUT2D eigenvalue weighted by atomic mass is 16.5. The fraction of sp³-hybridized carbons (Fsp3) is 0.238. The zero-order valence-electron chi connectivity index (χ0n) is 15.6. The summed E-state index contributed by atoms with van der Waals surface area (Å²) in [7, 11) is 4.72. The third-order valence-corrected chi connectivity index (χ3v) is 3.92. The van der Waals surface area contributed by atoms with Crippen molar-refractivity contribution in [3.8, 4) is 23.3 Å². The molecule has 0 heterocycles. The minimum Gasteiger partial charge on any atom is -0.497 e. The molecule has 1 amide bonds. The van der Waals surface area contributed by atoms with Gasteiger partial charge in [-0.15, -0.1) is 0 Å². The first-order valence-electron chi connectivity index (χ1n) is 8.36. The highest BCUT2D eigenvalue weighted by Gasteiger charge is 2.10. The normalized spacial score (nSPS) is 10.7. The van der Waals surface area contributed by atoms with Crippen molar-refractivity contribution in [3.63, 3.8) is 0 Å². The molecule has 2 rings (SSSR count). The van der Waals surface area contributed by atoms with Gasteiger partial charge in [0.1, 0.15) is 17.4 Å². The molecular formula is C21H22N2O4. The number of nitrogens with one attached hydrogen (secondary N) is 1. The molecule has 1 N–H and O–H groups in total. The lowest BCUT2D eigenvalue weighted by Crippen LogP contribution is -2.26. The van der Waals surface area contributed by atoms with Crippen molar-refractivity contribution < 1.29 is 19.0 Å². The summed E-state index contributed by atoms with van der Waals surface area (Å²) in [5.41, 5.74) is 1.75. The van der Waals surface area contributed by atoms with Gasteiger partial charge >= 0.3 is 0 Å². The summed E-state index contributed by atoms with van der Waals surface area (Å²) in [6.07, 6.45) is 2.14. The van der Waals surface area contributed by atoms with Gasteiger partial charge in [0.15, 0.2) is 11.5 Å². The van der Waals surface area contributed by atoms with Crippen LogP contribution >= 0.6 is 0 Å². The van der Waals surface area contributed by atoms with Gasteiger partial charge in [0.05, 0.1) is 21.3 Å². The average molecular weight is 366 g/mol. The van der Waals surface area contributed by atoms with Gasteiger partial charge in [-0.05, 0) is 47.9 Å². The first kappa shape index (κ1) is 19.9. The number of hydrogen-bond donors (Lipinski definition) is 1. The number of ether oxygens (including phenoxy) is 3. The molecule has 27 heavy (non-hydrogen) atoms. The molecule has 0 bridgehead atoms. The maximum Gasteiger partial charge on any atom is 0.261 e. The Bertz CT molecular complexity index is 869. The molecule has 0 radical (unpaired) electrons. The Morgan fingerprint density at radius 2 is 1.85 bits per heavy atom. The number of hydrogen-bond acceptors (Lipinski definition) is 5. The molecule has 2 aromatic rings. The van der Waals surface area contributed by atoms with Crippen LogP contribution in [0.25, 0.3) is 6.08 Å². The number of carbonyl (C=O) groups is 1. The van der Waals surface area contributed by atoms with Crippen LogP contribution in [0.3, 0.4) is 0 Å². The number of rotatable bonds is 8. The summed E-state index contributed by atoms with van der Waals surface area (Å²) in [6.45, 7) is 0.394. The van der Waals surface area contributed by atoms with Gasteiger partial charge < -0.3 is 19.5 Å². The minimum atomic E-state index is -0.416. The summed E-state index contributed by atoms with van der Waals surface area (Å²) < 4.78 is 15.6. The Hall–Kier alpha value is -3.46. The van der Waals surface area contributed by atoms with Crippen molar-refractivity contribution in [2.24, 2.45) is 0 Å². The topological polar surface area (TPSA) is 80.6 Å². The highest BCUT2D eigenvalue weighted by molar-refractivity contribution is 6.01. The van der Waals surface area contributed by atoms with Gasteiger partial charge in [-0.3, -0.25) is 4.79 Å². The van der Waals surface area contributed by atoms with E-state index in [9.17, 15) is 10.1 Å². The average Bonchev–Trinajstić information content (AvgIpc) is 2.71. The van der Waals surface area contributed by atoms with Gasteiger partial charge in [0, 0.05) is 6.54 Å². The highest BCUT2D eigenvalue weighted by Crippen LogP contribution is 2.27. The quantitative estimate of drug-likeness (QED) is 0.574. The zero-order chi connectivity index (χ0) is 19.6. The van der Waals surface area contributed by atoms with Gasteiger partial charge in [0.2, 0.25) is 0 Å². The van der Waals surface area contributed by atoms with Crippen molar-refractivity contribution in [1.29, 1.82) is 5.26 Å². The first-order valence-corrected chi connectivity index (χ1v) is 8.36. The van der Waals surface area contributed by atoms with E-state index in [1.165, 1.54) is 6.08 Å². The van der Waals surface area contributed by atoms with E-state index < -0.39 is 5.91 Å². The lowest BCUT2D eigenvalue weighted by Gasteiger charge is -2.10. The number of amides is 1. The van der Waals surface area contributed by atoms with E-state index in [0.717, 1.165) is 11.1 Å². The van der Waals surface area contributed by atoms with E-state index in [-0.39, 0.29) is 5.57 Å². The second kappa shape index (κ2) is 9.88. The smallest absolute Gasteiger partial charge is 0.261 e. The van der Waals surface area contributed by atoms with Crippen LogP contribution < -0.4 is 19.5 Å². The maximum atomic E-state index is 12.3. The molecule has 0 aliphatic rings. The van der Waals surface area contributed by atoms with Crippen LogP contribution in [0.5, 0.6) is 17.2 Å². The monoisotopic (exact) mass is 366 g/mol. The van der Waals surface area contributed by atoms with Crippen molar-refractivity contribution >= 4 is 12.0 Å². The molecule has 0 atom stereocenters. The second-order valence-corrected chi connectivity index (χ2v) is 5.64. The predicted molar refractivity (Wildman–Crippen MR) is 103 cm³/mol. The molecule has 0 saturated carbocycles. The SMILES string of the molecule is COc1cccc(/C=C(\C#N)C(=O)NCCc2ccc(OC)c(OC)c2)c1. The van der Waals surface area contributed by atoms with Crippen LogP contribution in [0.1, 0.15) is 11.1 Å². The largest absolute Gasteiger partial charge is 0.497 e. The molecule has 2 aromatic carbocycles. The van der Waals surface area contributed by atoms with Crippen LogP contribution in [0, 0.1) is 11.3 Å². The van der Waals surface area contributed by atoms with Crippen molar-refractivity contribution in [3.05, 3.63) is 59.2 Å². The number of methoxy groups -OCH3 is 3. The minimum absolute atomic E-state index is 0.0376. The van der Waals surface area contributed by atoms with E-state index in [1.807, 2.05) is 24.3 Å². The standard InChI is InChI=1S/C21H22N2O4/c1-25-18-6-4-5-16(12-18)11-17(14-22)21(24)23-10-9-15-7-8-19(26-2)20(13-15)27-3/h4-8,11-13H,9-10H2,1-3H3,(H,23,24)/b17-11+. The summed E-state index contributed by atoms with van der Waals surface area (Å²) >= 11 is 0. The van der Waals surface area contributed by atoms with E-state index in [4.69, 9.17) is 14.2 Å². The second-order valence-electron chi connectivity index (χ2n) is 5.64. The Labute approximate surface area is 159 Å². The maximum absolute atomic E-state index is 12.3. The van der Waals surface area contributed by atoms with Gasteiger partial charge in [-0.25, -0.2) is 0 Å². The molecule has 0 saturated heterocycles. The summed E-state index contributed by atoms with van der Waals surface area (Å²) in [4.78, 5) is 12.3. The third-order valence-electron chi connectivity index (χ3n) is 3.92. The Morgan fingerprint density at radius 1 is 1.07 bits per heavy atom. The third kappa shape index (κ3) is 5.51. The summed E-state index contributed by atoms with van der Waals surface area (Å²) in [6, 6.07) is 14.7. The van der Waals surface area contributed by atoms with E-state index in [0.29, 0.717) is 30.2 Å². The van der Waals surface area contributed by atoms with Crippen molar-refractivity contribution in [2.75, 3.05) is 27.9 Å². The molecule has 0 unspecified atom stereocenters. The lowest BCUT2D eigenvalue weighted by molar-refractivity contribution is -0.117. The van der Waals surface area contributed by atoms with E-state index >= 15 is 0 Å². The number of carbonyl (C=O) groups excluding carboxylic acids is 1. The van der Waals surface area contributed by atoms with Crippen LogP contribution in [-0.4, -0.2) is 33.8 Å². The van der Waals surface area contributed by atoms with Crippen LogP contribution in [-0.2, 0) is 11.2 Å². The summed E-state index contributed by atoms with van der Waals surface area (Å²) in [5, 5.41) is 12.0. The fourth-order valence-electron chi connectivity index (χ4n) is 2.50. The Balaban J connectivity index is 1.99. The van der Waals surface area contributed by atoms with Crippen LogP contribution in [0.15, 0.2) is 48.0 Å². The zero-order valence-corrected chi connectivity index (χ0v) is 15.6. The lowest BCUT2D eigenvalue weighted by atomic mass is 10.1. The molecule has 140 valence electrons. The summed E-state index contributed by atoms with van der Waals surface area (Å²) in [5.74, 6) is 1.53. The van der Waals surface area contributed by atoms with Crippen molar-refractivity contribution in [1.82, 2.24) is 5.32 Å². The van der Waals surface area contributed by atoms with Gasteiger partial charge in [0.25, 0.3) is 5.91 Å². The molecule has 0 aromatic heterocycles. The molecule has 0 aliphatic carbocycles. The molecule has 6 nitrogen and oxygen atoms in total. The van der Waals surface area contributed by atoms with Crippen LogP contribution in [0.2, 0.25) is 0 Å². The number of nitriles is 1. The van der Waals surface area contributed by atoms with E-state index in [2.05, 4.69) is 5.32 Å². The van der Waals surface area contributed by atoms with Crippen molar-refractivity contribution in [2.45, 2.75) is 6.42 Å².